The molecule has 0 saturated carbocycles. The second-order valence-electron chi connectivity index (χ2n) is 29.2. The Morgan fingerprint density at radius 2 is 0.581 bits per heavy atom. The van der Waals surface area contributed by atoms with Crippen molar-refractivity contribution in [2.75, 3.05) is 0 Å². The molecule has 17 heteroatoms. The number of aliphatic hydroxyl groups excluding tert-OH is 4. The molecule has 0 aliphatic carbocycles. The van der Waals surface area contributed by atoms with Crippen molar-refractivity contribution >= 4 is 36.1 Å². The van der Waals surface area contributed by atoms with E-state index in [1.54, 1.807) is 30.4 Å². The highest BCUT2D eigenvalue weighted by molar-refractivity contribution is 5.68. The lowest BCUT2D eigenvalue weighted by Gasteiger charge is -2.05. The van der Waals surface area contributed by atoms with E-state index in [9.17, 15) is 49.2 Å². The maximum Gasteiger partial charge on any atom is 0.304 e. The maximum atomic E-state index is 11.0. The third-order valence-corrected chi connectivity index (χ3v) is 17.1. The number of hydrogen-bond donors (Lipinski definition) is 10. The van der Waals surface area contributed by atoms with Crippen molar-refractivity contribution in [1.29, 1.82) is 0 Å². The van der Waals surface area contributed by atoms with Gasteiger partial charge in [-0.2, -0.15) is 0 Å². The van der Waals surface area contributed by atoms with Crippen molar-refractivity contribution in [1.82, 2.24) is 0 Å². The van der Waals surface area contributed by atoms with Crippen molar-refractivity contribution in [3.63, 3.8) is 0 Å². The fourth-order valence-corrected chi connectivity index (χ4v) is 10.1. The highest BCUT2D eigenvalue weighted by Gasteiger charge is 2.04. The van der Waals surface area contributed by atoms with E-state index in [-0.39, 0.29) is 50.2 Å². The Bertz CT molecular complexity index is 3640. The highest BCUT2D eigenvalue weighted by Crippen LogP contribution is 2.12. The van der Waals surface area contributed by atoms with Gasteiger partial charge in [-0.1, -0.05) is 357 Å². The fourth-order valence-electron chi connectivity index (χ4n) is 10.1. The van der Waals surface area contributed by atoms with Gasteiger partial charge in [-0.3, -0.25) is 29.2 Å². The van der Waals surface area contributed by atoms with Gasteiger partial charge in [-0.15, -0.1) is 17.8 Å². The quantitative estimate of drug-likeness (QED) is 0.00514. The van der Waals surface area contributed by atoms with Crippen LogP contribution >= 0.6 is 0 Å². The normalized spacial score (nSPS) is 13.9. The van der Waals surface area contributed by atoms with Crippen molar-refractivity contribution in [3.05, 3.63) is 304 Å². The summed E-state index contributed by atoms with van der Waals surface area (Å²) in [4.78, 5) is 67.1. The van der Waals surface area contributed by atoms with Gasteiger partial charge in [0.25, 0.3) is 0 Å². The number of allylic oxidation sites excluding steroid dienone is 41. The third-order valence-electron chi connectivity index (χ3n) is 17.1. The Hall–Kier alpha value is -10.6. The predicted molar refractivity (Wildman–Crippen MR) is 541 cm³/mol. The minimum absolute atomic E-state index is 0.0270. The van der Waals surface area contributed by atoms with E-state index in [2.05, 4.69) is 185 Å². The second-order valence-corrected chi connectivity index (χ2v) is 29.2. The summed E-state index contributed by atoms with van der Waals surface area (Å²) in [6, 6.07) is 0. The molecule has 0 aliphatic rings. The van der Waals surface area contributed by atoms with Crippen LogP contribution in [0.3, 0.4) is 0 Å². The van der Waals surface area contributed by atoms with Crippen LogP contribution in [-0.2, 0) is 33.7 Å². The zero-order valence-corrected chi connectivity index (χ0v) is 78.7. The average Bonchev–Trinajstić information content (AvgIpc) is 1.02. The molecule has 0 bridgehead atoms. The second kappa shape index (κ2) is 112. The smallest absolute Gasteiger partial charge is 0.304 e. The molecule has 10 N–H and O–H groups in total. The van der Waals surface area contributed by atoms with Gasteiger partial charge in [0, 0.05) is 57.3 Å². The molecule has 0 saturated heterocycles. The van der Waals surface area contributed by atoms with Crippen LogP contribution in [0.15, 0.2) is 304 Å². The highest BCUT2D eigenvalue weighted by atomic mass is 17.1. The summed E-state index contributed by atoms with van der Waals surface area (Å²) in [6.45, 7) is 10.4. The first kappa shape index (κ1) is 127. The van der Waals surface area contributed by atoms with E-state index in [0.29, 0.717) is 77.0 Å². The SMILES string of the molecule is CC/C=C\C/C=C\C/C=C\C/C=C\C/C=C\CC#CCCCC(=O)O.CC/C=C\C[C@@H](/C=C/CCCCCC/C=C\C/C=C\CCC(=O)O)OO.CC/C=C\C[C@@H](O)/C=C/C=C\C/C=C\C=C\C(C=O)C/C=C\CCC(=O)O.CC/C=C\C[C@@H](O)/C=C/CCC/C=C\C/C=C\C/C=C\CCC(=O)O.CC/C=C\C[C@H](O)/C=C/C=C\C/C=C\C=C\[C@@H](O)CC#CCCC(=O)O. The number of hydrogen-bond acceptors (Lipinski definition) is 12. The van der Waals surface area contributed by atoms with Crippen LogP contribution in [0.5, 0.6) is 0 Å². The van der Waals surface area contributed by atoms with Crippen LogP contribution in [0.1, 0.15) is 298 Å². The molecule has 714 valence electrons. The Kier molecular flexibility index (Phi) is 110. The summed E-state index contributed by atoms with van der Waals surface area (Å²) in [7, 11) is 0. The number of carbonyl (C=O) groups excluding carboxylic acids is 1. The molecule has 0 rings (SSSR count). The first-order valence-corrected chi connectivity index (χ1v) is 46.7. The van der Waals surface area contributed by atoms with Crippen LogP contribution in [0.2, 0.25) is 0 Å². The molecule has 1 unspecified atom stereocenters. The first-order valence-electron chi connectivity index (χ1n) is 46.7. The Labute approximate surface area is 778 Å². The van der Waals surface area contributed by atoms with Crippen LogP contribution in [0.4, 0.5) is 0 Å². The number of unbranched alkanes of at least 4 members (excludes halogenated alkanes) is 8. The zero-order valence-electron chi connectivity index (χ0n) is 78.7. The minimum atomic E-state index is -0.866. The summed E-state index contributed by atoms with van der Waals surface area (Å²) in [5.41, 5.74) is 0. The van der Waals surface area contributed by atoms with E-state index >= 15 is 0 Å². The van der Waals surface area contributed by atoms with Crippen LogP contribution < -0.4 is 0 Å². The maximum absolute atomic E-state index is 11.0. The number of aliphatic hydroxyl groups is 4. The molecule has 129 heavy (non-hydrogen) atoms. The minimum Gasteiger partial charge on any atom is -0.481 e. The summed E-state index contributed by atoms with van der Waals surface area (Å²) in [5, 5.41) is 90.0. The summed E-state index contributed by atoms with van der Waals surface area (Å²) < 4.78 is 0. The Morgan fingerprint density at radius 1 is 0.264 bits per heavy atom. The van der Waals surface area contributed by atoms with Gasteiger partial charge in [0.2, 0.25) is 0 Å². The van der Waals surface area contributed by atoms with E-state index in [1.807, 2.05) is 152 Å². The Morgan fingerprint density at radius 3 is 1.00 bits per heavy atom. The molecule has 0 fully saturated rings. The molecule has 0 radical (unpaired) electrons. The standard InChI is InChI=1S/C23H32O4.C23H32O2.C22H30O4.C22H36O4.C22H34O3/c1-2-3-10-17-22(25)18-13-8-6-4-5-7-11-15-21(20-24)16-12-9-14-19-23(26)27;1-2-3-4-5-6-7-8-9-10-11-12-13-14-15-16-17-18-19-20-21-22-23(24)25;1-2-3-10-15-20(23)16-11-7-5-4-6-8-12-17-21(24)18-13-9-14-19-22(25)26;1-2-3-15-18-21(26-25)19-16-13-11-9-7-5-4-6-8-10-12-14-17-20-22(23)24;1-2-3-15-18-21(23)19-16-13-11-9-7-5-4-6-8-10-12-14-17-20-22(24)25/h3,5-13,15,18,20-22,25H,2,4,14,16-17,19H2,1H3,(H,26,27);3-4,6-7,9-10,12-13,15-16H,2,5,8,11,14,17,20-22H2,1H3,(H,24,25);3,5-8,10-12,16-17,20-21,23-24H,2,4,14-15,18-19H2,1H3,(H,25,26);3,6,8,12,14-16,19,21,25H,2,4-5,7,9-11,13,17-18,20H2,1H3,(H,23,24);3,5-8,12,14-16,19,21,23H,2,4,9-11,13,17-18,20H2,1H3,(H,24,25)/b7-5-,8-6-,10-3-,12-9-,15-11+,18-13+;4-3-,7-6-,10-9-,13-12-,16-15-;7-5-,8-6-,10-3-,16-11+,17-12+;8-6-,14-12-,15-3-,19-16+;7-5-,8-6-,14-12-,15-3-,19-16+/t21?,22-;;20-,21+;2*21-/m1.001/s1. The molecule has 6 atom stereocenters. The molecular weight excluding hydrogens is 1620 g/mol. The van der Waals surface area contributed by atoms with Crippen molar-refractivity contribution in [2.45, 2.75) is 328 Å². The van der Waals surface area contributed by atoms with E-state index < -0.39 is 48.2 Å². The van der Waals surface area contributed by atoms with Gasteiger partial charge in [0.05, 0.1) is 30.8 Å². The fraction of sp³-hybridized carbons (Fsp3) is 0.464. The average molecular weight is 1780 g/mol. The summed E-state index contributed by atoms with van der Waals surface area (Å²) >= 11 is 0. The molecule has 0 aromatic heterocycles. The molecule has 17 nitrogen and oxygen atoms in total. The largest absolute Gasteiger partial charge is 0.481 e. The number of carbonyl (C=O) groups is 6. The summed E-state index contributed by atoms with van der Waals surface area (Å²) in [6.07, 6.45) is 130. The molecule has 0 amide bonds. The van der Waals surface area contributed by atoms with E-state index in [0.717, 1.165) is 141 Å². The molecular formula is C112H164O17. The number of rotatable bonds is 72. The number of carboxylic acids is 5. The molecule has 0 spiro atoms. The van der Waals surface area contributed by atoms with Gasteiger partial charge in [0.1, 0.15) is 12.4 Å². The van der Waals surface area contributed by atoms with Crippen molar-refractivity contribution in [2.24, 2.45) is 5.92 Å². The topological polar surface area (TPSA) is 314 Å². The van der Waals surface area contributed by atoms with Crippen molar-refractivity contribution in [3.8, 4) is 23.7 Å². The number of aldehydes is 1. The third kappa shape index (κ3) is 126. The zero-order chi connectivity index (χ0) is 95.9. The molecule has 0 heterocycles. The predicted octanol–water partition coefficient (Wildman–Crippen LogP) is 27.5. The summed E-state index contributed by atoms with van der Waals surface area (Å²) in [5.74, 6) is 7.37. The molecule has 0 aromatic carbocycles. The van der Waals surface area contributed by atoms with Crippen LogP contribution in [-0.4, -0.2) is 118 Å². The van der Waals surface area contributed by atoms with Gasteiger partial charge >= 0.3 is 29.8 Å². The number of carboxylic acid groups (broad SMARTS) is 5. The molecule has 0 aliphatic heterocycles. The Balaban J connectivity index is -0.000000497. The van der Waals surface area contributed by atoms with Crippen molar-refractivity contribution < 1.29 is 84.9 Å². The van der Waals surface area contributed by atoms with Gasteiger partial charge in [-0.25, -0.2) is 4.89 Å². The monoisotopic (exact) mass is 1780 g/mol. The van der Waals surface area contributed by atoms with Crippen LogP contribution in [0.25, 0.3) is 0 Å². The van der Waals surface area contributed by atoms with E-state index in [1.165, 1.54) is 19.3 Å². The first-order chi connectivity index (χ1) is 62.8. The van der Waals surface area contributed by atoms with Crippen LogP contribution in [0, 0.1) is 29.6 Å². The lowest BCUT2D eigenvalue weighted by atomic mass is 10.1. The van der Waals surface area contributed by atoms with Gasteiger partial charge in [0.15, 0.2) is 0 Å². The lowest BCUT2D eigenvalue weighted by molar-refractivity contribution is -0.264. The number of aliphatic carboxylic acids is 5. The van der Waals surface area contributed by atoms with Gasteiger partial charge in [-0.05, 0) is 193 Å². The van der Waals surface area contributed by atoms with E-state index in [4.69, 9.17) is 30.8 Å². The lowest BCUT2D eigenvalue weighted by Crippen LogP contribution is -2.05. The molecule has 0 aromatic rings. The van der Waals surface area contributed by atoms with Gasteiger partial charge < -0.3 is 50.8 Å².